The minimum absolute atomic E-state index is 0.110. The molecule has 0 spiro atoms. The van der Waals surface area contributed by atoms with E-state index in [2.05, 4.69) is 28.2 Å². The standard InChI is InChI=1S/C21H19N3O/c1-14-9-17(7-8-22-14)20-6-4-16(12-23-20)10-15-3-5-18-13-24(2)21(25)19(18)11-15/h3-9,11-12H,10,13H2,1-2H3. The van der Waals surface area contributed by atoms with Crippen molar-refractivity contribution in [2.75, 3.05) is 7.05 Å². The average Bonchev–Trinajstić information content (AvgIpc) is 2.90. The predicted octanol–water partition coefficient (Wildman–Crippen LogP) is 3.63. The van der Waals surface area contributed by atoms with Crippen LogP contribution in [-0.4, -0.2) is 27.8 Å². The Labute approximate surface area is 147 Å². The van der Waals surface area contributed by atoms with E-state index in [9.17, 15) is 4.79 Å². The quantitative estimate of drug-likeness (QED) is 0.737. The average molecular weight is 329 g/mol. The lowest BCUT2D eigenvalue weighted by atomic mass is 10.0. The number of carbonyl (C=O) groups is 1. The number of rotatable bonds is 3. The number of pyridine rings is 2. The molecule has 0 bridgehead atoms. The summed E-state index contributed by atoms with van der Waals surface area (Å²) < 4.78 is 0. The summed E-state index contributed by atoms with van der Waals surface area (Å²) in [6, 6.07) is 14.3. The summed E-state index contributed by atoms with van der Waals surface area (Å²) in [6.07, 6.45) is 4.48. The highest BCUT2D eigenvalue weighted by Gasteiger charge is 2.24. The van der Waals surface area contributed by atoms with Gasteiger partial charge in [-0.2, -0.15) is 0 Å². The zero-order valence-corrected chi connectivity index (χ0v) is 14.4. The number of fused-ring (bicyclic) bond motifs is 1. The lowest BCUT2D eigenvalue weighted by molar-refractivity contribution is 0.0816. The third-order valence-corrected chi connectivity index (χ3v) is 4.58. The molecule has 1 aliphatic heterocycles. The molecule has 0 unspecified atom stereocenters. The molecule has 0 N–H and O–H groups in total. The Morgan fingerprint density at radius 3 is 2.64 bits per heavy atom. The summed E-state index contributed by atoms with van der Waals surface area (Å²) in [5, 5.41) is 0. The molecule has 124 valence electrons. The molecule has 4 rings (SSSR count). The summed E-state index contributed by atoms with van der Waals surface area (Å²) in [4.78, 5) is 22.7. The molecule has 1 aromatic carbocycles. The Hall–Kier alpha value is -3.01. The molecule has 3 heterocycles. The lowest BCUT2D eigenvalue weighted by Gasteiger charge is -2.06. The second-order valence-electron chi connectivity index (χ2n) is 6.57. The topological polar surface area (TPSA) is 46.1 Å². The van der Waals surface area contributed by atoms with E-state index >= 15 is 0 Å². The van der Waals surface area contributed by atoms with Gasteiger partial charge in [-0.3, -0.25) is 14.8 Å². The zero-order valence-electron chi connectivity index (χ0n) is 14.4. The maximum atomic E-state index is 12.1. The smallest absolute Gasteiger partial charge is 0.254 e. The first-order valence-electron chi connectivity index (χ1n) is 8.35. The van der Waals surface area contributed by atoms with Crippen LogP contribution in [0, 0.1) is 6.92 Å². The normalized spacial score (nSPS) is 13.2. The van der Waals surface area contributed by atoms with Crippen LogP contribution < -0.4 is 0 Å². The van der Waals surface area contributed by atoms with E-state index in [-0.39, 0.29) is 5.91 Å². The van der Waals surface area contributed by atoms with Gasteiger partial charge in [0.15, 0.2) is 0 Å². The fourth-order valence-electron chi connectivity index (χ4n) is 3.24. The molecule has 0 saturated carbocycles. The Morgan fingerprint density at radius 2 is 1.88 bits per heavy atom. The first-order chi connectivity index (χ1) is 12.1. The molecule has 4 nitrogen and oxygen atoms in total. The number of hydrogen-bond donors (Lipinski definition) is 0. The Kier molecular flexibility index (Phi) is 3.80. The summed E-state index contributed by atoms with van der Waals surface area (Å²) in [7, 11) is 1.84. The molecule has 2 aromatic heterocycles. The van der Waals surface area contributed by atoms with Crippen molar-refractivity contribution >= 4 is 5.91 Å². The van der Waals surface area contributed by atoms with Gasteiger partial charge in [-0.1, -0.05) is 18.2 Å². The number of aryl methyl sites for hydroxylation is 1. The summed E-state index contributed by atoms with van der Waals surface area (Å²) in [6.45, 7) is 2.68. The molecule has 1 amide bonds. The van der Waals surface area contributed by atoms with E-state index in [4.69, 9.17) is 0 Å². The largest absolute Gasteiger partial charge is 0.337 e. The van der Waals surface area contributed by atoms with Gasteiger partial charge in [-0.05, 0) is 54.3 Å². The van der Waals surface area contributed by atoms with Gasteiger partial charge in [-0.15, -0.1) is 0 Å². The second kappa shape index (κ2) is 6.13. The second-order valence-corrected chi connectivity index (χ2v) is 6.57. The third kappa shape index (κ3) is 3.03. The first-order valence-corrected chi connectivity index (χ1v) is 8.35. The lowest BCUT2D eigenvalue weighted by Crippen LogP contribution is -2.17. The van der Waals surface area contributed by atoms with Crippen LogP contribution in [0.5, 0.6) is 0 Å². The highest BCUT2D eigenvalue weighted by molar-refractivity contribution is 5.98. The highest BCUT2D eigenvalue weighted by atomic mass is 16.2. The van der Waals surface area contributed by atoms with E-state index in [0.29, 0.717) is 6.54 Å². The fourth-order valence-corrected chi connectivity index (χ4v) is 3.24. The minimum Gasteiger partial charge on any atom is -0.337 e. The predicted molar refractivity (Wildman–Crippen MR) is 97.3 cm³/mol. The van der Waals surface area contributed by atoms with Crippen molar-refractivity contribution in [1.82, 2.24) is 14.9 Å². The van der Waals surface area contributed by atoms with Gasteiger partial charge in [-0.25, -0.2) is 0 Å². The van der Waals surface area contributed by atoms with Crippen LogP contribution >= 0.6 is 0 Å². The number of carbonyl (C=O) groups excluding carboxylic acids is 1. The SMILES string of the molecule is Cc1cc(-c2ccc(Cc3ccc4c(c3)C(=O)N(C)C4)cn2)ccn1. The number of aromatic nitrogens is 2. The Morgan fingerprint density at radius 1 is 1.04 bits per heavy atom. The van der Waals surface area contributed by atoms with Crippen LogP contribution in [0.1, 0.15) is 32.7 Å². The molecule has 25 heavy (non-hydrogen) atoms. The van der Waals surface area contributed by atoms with E-state index in [1.165, 1.54) is 0 Å². The highest BCUT2D eigenvalue weighted by Crippen LogP contribution is 2.24. The summed E-state index contributed by atoms with van der Waals surface area (Å²) >= 11 is 0. The minimum atomic E-state index is 0.110. The maximum absolute atomic E-state index is 12.1. The van der Waals surface area contributed by atoms with E-state index in [1.807, 2.05) is 44.4 Å². The molecule has 0 atom stereocenters. The van der Waals surface area contributed by atoms with E-state index < -0.39 is 0 Å². The molecule has 0 aliphatic carbocycles. The molecule has 1 aliphatic rings. The monoisotopic (exact) mass is 329 g/mol. The fraction of sp³-hybridized carbons (Fsp3) is 0.190. The molecule has 3 aromatic rings. The molecule has 0 fully saturated rings. The summed E-state index contributed by atoms with van der Waals surface area (Å²) in [5.74, 6) is 0.110. The van der Waals surface area contributed by atoms with Crippen LogP contribution in [0.3, 0.4) is 0 Å². The number of amides is 1. The first kappa shape index (κ1) is 15.5. The van der Waals surface area contributed by atoms with Crippen molar-refractivity contribution in [2.45, 2.75) is 19.9 Å². The van der Waals surface area contributed by atoms with Gasteiger partial charge in [0, 0.05) is 42.8 Å². The van der Waals surface area contributed by atoms with E-state index in [0.717, 1.165) is 45.6 Å². The van der Waals surface area contributed by atoms with Crippen molar-refractivity contribution in [1.29, 1.82) is 0 Å². The van der Waals surface area contributed by atoms with Gasteiger partial charge < -0.3 is 4.90 Å². The van der Waals surface area contributed by atoms with Crippen LogP contribution in [0.4, 0.5) is 0 Å². The summed E-state index contributed by atoms with van der Waals surface area (Å²) in [5.41, 5.74) is 7.21. The number of hydrogen-bond acceptors (Lipinski definition) is 3. The van der Waals surface area contributed by atoms with Crippen LogP contribution in [0.25, 0.3) is 11.3 Å². The Balaban J connectivity index is 1.55. The van der Waals surface area contributed by atoms with Crippen molar-refractivity contribution in [3.05, 3.63) is 82.8 Å². The zero-order chi connectivity index (χ0) is 17.4. The van der Waals surface area contributed by atoms with E-state index in [1.54, 1.807) is 11.1 Å². The van der Waals surface area contributed by atoms with Crippen LogP contribution in [-0.2, 0) is 13.0 Å². The molecule has 0 saturated heterocycles. The van der Waals surface area contributed by atoms with Crippen molar-refractivity contribution in [3.63, 3.8) is 0 Å². The van der Waals surface area contributed by atoms with Gasteiger partial charge in [0.2, 0.25) is 0 Å². The third-order valence-electron chi connectivity index (χ3n) is 4.58. The number of nitrogens with zero attached hydrogens (tertiary/aromatic N) is 3. The molecule has 4 heteroatoms. The van der Waals surface area contributed by atoms with Gasteiger partial charge in [0.1, 0.15) is 0 Å². The van der Waals surface area contributed by atoms with Crippen LogP contribution in [0.2, 0.25) is 0 Å². The van der Waals surface area contributed by atoms with Crippen molar-refractivity contribution in [3.8, 4) is 11.3 Å². The van der Waals surface area contributed by atoms with Crippen molar-refractivity contribution in [2.24, 2.45) is 0 Å². The Bertz CT molecular complexity index is 948. The maximum Gasteiger partial charge on any atom is 0.254 e. The number of benzene rings is 1. The van der Waals surface area contributed by atoms with Gasteiger partial charge >= 0.3 is 0 Å². The molecular formula is C21H19N3O. The van der Waals surface area contributed by atoms with Gasteiger partial charge in [0.25, 0.3) is 5.91 Å². The van der Waals surface area contributed by atoms with Gasteiger partial charge in [0.05, 0.1) is 5.69 Å². The molecule has 0 radical (unpaired) electrons. The van der Waals surface area contributed by atoms with Crippen LogP contribution in [0.15, 0.2) is 54.9 Å². The molecular weight excluding hydrogens is 310 g/mol. The van der Waals surface area contributed by atoms with Crippen molar-refractivity contribution < 1.29 is 4.79 Å².